The second-order valence-corrected chi connectivity index (χ2v) is 12.1. The summed E-state index contributed by atoms with van der Waals surface area (Å²) in [6.07, 6.45) is 10.2. The van der Waals surface area contributed by atoms with Crippen molar-refractivity contribution < 1.29 is 33.7 Å². The molecule has 0 spiro atoms. The van der Waals surface area contributed by atoms with Crippen LogP contribution in [-0.4, -0.2) is 74.0 Å². The highest BCUT2D eigenvalue weighted by Gasteiger charge is 2.53. The number of nitrogens with two attached hydrogens (primary N) is 1. The summed E-state index contributed by atoms with van der Waals surface area (Å²) < 4.78 is 5.72. The first kappa shape index (κ1) is 32.9. The largest absolute Gasteiger partial charge is 0.543 e. The number of hydrogen-bond donors (Lipinski definition) is 3. The van der Waals surface area contributed by atoms with Crippen LogP contribution >= 0.6 is 23.3 Å². The lowest BCUT2D eigenvalue weighted by atomic mass is 10.0. The third-order valence-corrected chi connectivity index (χ3v) is 8.91. The zero-order valence-electron chi connectivity index (χ0n) is 24.6. The van der Waals surface area contributed by atoms with Crippen LogP contribution in [0.3, 0.4) is 0 Å². The molecule has 0 aliphatic carbocycles. The van der Waals surface area contributed by atoms with Gasteiger partial charge in [0.25, 0.3) is 17.7 Å². The molecular weight excluding hydrogens is 608 g/mol. The number of amides is 3. The third-order valence-electron chi connectivity index (χ3n) is 7.02. The van der Waals surface area contributed by atoms with Gasteiger partial charge in [0, 0.05) is 41.5 Å². The van der Waals surface area contributed by atoms with Gasteiger partial charge in [0.05, 0.1) is 17.2 Å². The van der Waals surface area contributed by atoms with Crippen LogP contribution in [-0.2, 0) is 25.8 Å². The second kappa shape index (κ2) is 15.6. The highest BCUT2D eigenvalue weighted by atomic mass is 32.2. The number of oxime groups is 1. The van der Waals surface area contributed by atoms with E-state index in [0.29, 0.717) is 17.7 Å². The molecule has 236 valence electrons. The van der Waals surface area contributed by atoms with Crippen molar-refractivity contribution in [3.05, 3.63) is 47.2 Å². The molecule has 4 N–H and O–H groups in total. The van der Waals surface area contributed by atoms with Crippen molar-refractivity contribution in [3.8, 4) is 0 Å². The number of hydrogen-bond acceptors (Lipinski definition) is 12. The minimum atomic E-state index is -1.49. The van der Waals surface area contributed by atoms with E-state index in [4.69, 9.17) is 10.6 Å². The summed E-state index contributed by atoms with van der Waals surface area (Å²) in [4.78, 5) is 60.9. The van der Waals surface area contributed by atoms with Crippen LogP contribution in [0.25, 0.3) is 0 Å². The Balaban J connectivity index is 1.37. The van der Waals surface area contributed by atoms with Gasteiger partial charge in [-0.05, 0) is 13.3 Å². The van der Waals surface area contributed by atoms with Crippen molar-refractivity contribution in [3.63, 3.8) is 0 Å². The lowest BCUT2D eigenvalue weighted by Crippen LogP contribution is -2.71. The molecule has 2 aliphatic heterocycles. The minimum Gasteiger partial charge on any atom is -0.543 e. The molecule has 2 aromatic heterocycles. The number of rotatable bonds is 16. The van der Waals surface area contributed by atoms with Crippen molar-refractivity contribution in [2.24, 2.45) is 5.16 Å². The van der Waals surface area contributed by atoms with Crippen LogP contribution in [0, 0.1) is 0 Å². The van der Waals surface area contributed by atoms with E-state index >= 15 is 0 Å². The summed E-state index contributed by atoms with van der Waals surface area (Å²) in [5.74, 6) is -2.78. The standard InChI is InChI=1S/C28H36N8O6S2/c1-3-5-6-7-8-9-12-30-23(37)17-10-13-35(14-11-17)15-18-16-43-26-20(25(39)36(26)21(18)27(40)41)31-24(38)19(33-42-4-2)22-32-28(29)44-34-22/h10-11,13-14,20,26H,3-9,12,15-16H2,1-2H3,(H4-,29,30,31,32,34,37,38,40,41)/t20?,26-/m1/s1. The molecule has 2 aliphatic rings. The van der Waals surface area contributed by atoms with Gasteiger partial charge < -0.3 is 31.1 Å². The van der Waals surface area contributed by atoms with E-state index in [9.17, 15) is 24.3 Å². The number of thioether (sulfide) groups is 1. The molecule has 3 amide bonds. The molecule has 1 fully saturated rings. The number of aromatic nitrogens is 3. The number of β-lactam (4-membered cyclic amide) rings is 1. The number of fused-ring (bicyclic) bond motifs is 1. The van der Waals surface area contributed by atoms with E-state index < -0.39 is 29.2 Å². The SMILES string of the molecule is CCCCCCCCNC(=O)c1cc[n+](CC2=C(C(=O)[O-])N3C(=O)C(NC(=O)C(=NOCC)c4nsc(N)n4)[C@H]3SC2)cc1. The molecule has 16 heteroatoms. The summed E-state index contributed by atoms with van der Waals surface area (Å²) in [6, 6.07) is 2.33. The maximum absolute atomic E-state index is 13.1. The first-order valence-corrected chi connectivity index (χ1v) is 16.3. The van der Waals surface area contributed by atoms with Gasteiger partial charge in [0.15, 0.2) is 24.1 Å². The van der Waals surface area contributed by atoms with Crippen LogP contribution in [0.4, 0.5) is 5.13 Å². The summed E-state index contributed by atoms with van der Waals surface area (Å²) in [6.45, 7) is 4.83. The summed E-state index contributed by atoms with van der Waals surface area (Å²) >= 11 is 2.19. The van der Waals surface area contributed by atoms with Crippen molar-refractivity contribution >= 4 is 57.8 Å². The monoisotopic (exact) mass is 644 g/mol. The zero-order valence-corrected chi connectivity index (χ0v) is 26.2. The number of carbonyl (C=O) groups is 4. The number of aliphatic carboxylic acids is 1. The number of nitrogens with one attached hydrogen (secondary N) is 2. The van der Waals surface area contributed by atoms with Gasteiger partial charge in [-0.1, -0.05) is 44.2 Å². The topological polar surface area (TPSA) is 196 Å². The first-order valence-electron chi connectivity index (χ1n) is 14.5. The van der Waals surface area contributed by atoms with E-state index in [1.807, 2.05) is 0 Å². The van der Waals surface area contributed by atoms with Crippen LogP contribution in [0.1, 0.15) is 68.6 Å². The average Bonchev–Trinajstić information content (AvgIpc) is 3.45. The summed E-state index contributed by atoms with van der Waals surface area (Å²) in [7, 11) is 0. The molecule has 1 unspecified atom stereocenters. The van der Waals surface area contributed by atoms with Gasteiger partial charge in [-0.15, -0.1) is 11.8 Å². The quantitative estimate of drug-likeness (QED) is 0.0754. The molecule has 0 radical (unpaired) electrons. The Bertz CT molecular complexity index is 1430. The van der Waals surface area contributed by atoms with Gasteiger partial charge in [-0.25, -0.2) is 4.57 Å². The number of pyridine rings is 1. The van der Waals surface area contributed by atoms with Gasteiger partial charge in [-0.3, -0.25) is 19.3 Å². The first-order chi connectivity index (χ1) is 21.2. The van der Waals surface area contributed by atoms with Crippen molar-refractivity contribution in [1.29, 1.82) is 0 Å². The Hall–Kier alpha value is -4.05. The number of nitrogen functional groups attached to an aromatic ring is 1. The number of anilines is 1. The smallest absolute Gasteiger partial charge is 0.278 e. The summed E-state index contributed by atoms with van der Waals surface area (Å²) in [5, 5.41) is 21.0. The molecule has 2 atom stereocenters. The number of carboxylic acid groups (broad SMARTS) is 1. The van der Waals surface area contributed by atoms with Gasteiger partial charge in [0.2, 0.25) is 11.5 Å². The third kappa shape index (κ3) is 7.91. The molecule has 0 bridgehead atoms. The maximum Gasteiger partial charge on any atom is 0.278 e. The number of carboxylic acids is 1. The maximum atomic E-state index is 13.1. The molecule has 44 heavy (non-hydrogen) atoms. The van der Waals surface area contributed by atoms with Crippen molar-refractivity contribution in [2.75, 3.05) is 24.6 Å². The second-order valence-electron chi connectivity index (χ2n) is 10.2. The van der Waals surface area contributed by atoms with E-state index in [1.165, 1.54) is 37.4 Å². The number of carbonyl (C=O) groups excluding carboxylic acids is 4. The van der Waals surface area contributed by atoms with Crippen molar-refractivity contribution in [1.82, 2.24) is 24.9 Å². The Labute approximate surface area is 263 Å². The van der Waals surface area contributed by atoms with Crippen LogP contribution in [0.2, 0.25) is 0 Å². The van der Waals surface area contributed by atoms with Gasteiger partial charge >= 0.3 is 0 Å². The molecule has 2 aromatic rings. The Kier molecular flexibility index (Phi) is 11.7. The Morgan fingerprint density at radius 1 is 1.18 bits per heavy atom. The fourth-order valence-corrected chi connectivity index (χ4v) is 6.56. The predicted octanol–water partition coefficient (Wildman–Crippen LogP) is 0.343. The predicted molar refractivity (Wildman–Crippen MR) is 162 cm³/mol. The van der Waals surface area contributed by atoms with Crippen LogP contribution in [0.15, 0.2) is 41.0 Å². The summed E-state index contributed by atoms with van der Waals surface area (Å²) in [5.41, 5.74) is 6.12. The molecular formula is C28H36N8O6S2. The fourth-order valence-electron chi connectivity index (χ4n) is 4.79. The molecule has 4 rings (SSSR count). The lowest BCUT2D eigenvalue weighted by molar-refractivity contribution is -0.689. The van der Waals surface area contributed by atoms with E-state index in [2.05, 4.69) is 32.1 Å². The lowest BCUT2D eigenvalue weighted by Gasteiger charge is -2.50. The molecule has 4 heterocycles. The number of unbranched alkanes of at least 4 members (excludes halogenated alkanes) is 5. The highest BCUT2D eigenvalue weighted by Crippen LogP contribution is 2.40. The zero-order chi connectivity index (χ0) is 31.6. The minimum absolute atomic E-state index is 0.0469. The highest BCUT2D eigenvalue weighted by molar-refractivity contribution is 8.00. The van der Waals surface area contributed by atoms with Gasteiger partial charge in [0.1, 0.15) is 18.0 Å². The molecule has 0 saturated carbocycles. The normalized spacial score (nSPS) is 18.0. The molecule has 1 saturated heterocycles. The molecule has 14 nitrogen and oxygen atoms in total. The van der Waals surface area contributed by atoms with Crippen LogP contribution < -0.4 is 26.0 Å². The van der Waals surface area contributed by atoms with Crippen LogP contribution in [0.5, 0.6) is 0 Å². The van der Waals surface area contributed by atoms with E-state index in [-0.39, 0.29) is 47.2 Å². The Morgan fingerprint density at radius 2 is 1.91 bits per heavy atom. The average molecular weight is 645 g/mol. The molecule has 0 aromatic carbocycles. The number of nitrogens with zero attached hydrogens (tertiary/aromatic N) is 5. The van der Waals surface area contributed by atoms with E-state index in [0.717, 1.165) is 29.3 Å². The fraction of sp³-hybridized carbons (Fsp3) is 0.500. The Morgan fingerprint density at radius 3 is 2.57 bits per heavy atom. The van der Waals surface area contributed by atoms with E-state index in [1.54, 1.807) is 36.0 Å². The van der Waals surface area contributed by atoms with Gasteiger partial charge in [-0.2, -0.15) is 9.36 Å². The van der Waals surface area contributed by atoms with Crippen molar-refractivity contribution in [2.45, 2.75) is 70.3 Å².